The van der Waals surface area contributed by atoms with Gasteiger partial charge in [-0.25, -0.2) is 4.79 Å². The Kier molecular flexibility index (Phi) is 2.97. The number of ether oxygens (including phenoxy) is 2. The van der Waals surface area contributed by atoms with Gasteiger partial charge in [0.05, 0.1) is 6.54 Å². The minimum Gasteiger partial charge on any atom is -0.444 e. The molecule has 0 saturated carbocycles. The predicted molar refractivity (Wildman–Crippen MR) is 73.2 cm³/mol. The minimum atomic E-state index is -0.459. The van der Waals surface area contributed by atoms with Crippen molar-refractivity contribution in [3.8, 4) is 0 Å². The Hall–Kier alpha value is -1.62. The van der Waals surface area contributed by atoms with Crippen LogP contribution in [-0.4, -0.2) is 40.8 Å². The summed E-state index contributed by atoms with van der Waals surface area (Å²) in [5.41, 5.74) is 0.417. The molecule has 1 amide bonds. The van der Waals surface area contributed by atoms with Gasteiger partial charge in [-0.3, -0.25) is 4.98 Å². The van der Waals surface area contributed by atoms with Gasteiger partial charge in [0.2, 0.25) is 0 Å². The van der Waals surface area contributed by atoms with E-state index in [0.29, 0.717) is 13.1 Å². The van der Waals surface area contributed by atoms with Gasteiger partial charge in [-0.1, -0.05) is 6.07 Å². The quantitative estimate of drug-likeness (QED) is 0.739. The van der Waals surface area contributed by atoms with Crippen molar-refractivity contribution in [3.63, 3.8) is 0 Å². The molecule has 3 heterocycles. The third kappa shape index (κ3) is 2.38. The lowest BCUT2D eigenvalue weighted by atomic mass is 9.90. The number of hydrogen-bond donors (Lipinski definition) is 0. The maximum atomic E-state index is 12.1. The zero-order valence-corrected chi connectivity index (χ0v) is 12.1. The maximum absolute atomic E-state index is 12.1. The van der Waals surface area contributed by atoms with Crippen molar-refractivity contribution in [2.75, 3.05) is 13.1 Å². The number of amides is 1. The third-order valence-electron chi connectivity index (χ3n) is 3.76. The van der Waals surface area contributed by atoms with E-state index in [9.17, 15) is 4.79 Å². The molecule has 5 nitrogen and oxygen atoms in total. The Morgan fingerprint density at radius 1 is 1.55 bits per heavy atom. The highest BCUT2D eigenvalue weighted by atomic mass is 16.6. The Labute approximate surface area is 118 Å². The van der Waals surface area contributed by atoms with Crippen LogP contribution in [0.1, 0.15) is 32.8 Å². The van der Waals surface area contributed by atoms with Crippen molar-refractivity contribution < 1.29 is 14.3 Å². The first-order valence-electron chi connectivity index (χ1n) is 6.97. The summed E-state index contributed by atoms with van der Waals surface area (Å²) < 4.78 is 11.3. The van der Waals surface area contributed by atoms with E-state index in [1.807, 2.05) is 39.1 Å². The monoisotopic (exact) mass is 276 g/mol. The van der Waals surface area contributed by atoms with E-state index < -0.39 is 5.60 Å². The first-order chi connectivity index (χ1) is 9.41. The van der Waals surface area contributed by atoms with Gasteiger partial charge >= 0.3 is 6.09 Å². The molecule has 0 unspecified atom stereocenters. The molecular weight excluding hydrogens is 256 g/mol. The lowest BCUT2D eigenvalue weighted by Gasteiger charge is -2.30. The zero-order valence-electron chi connectivity index (χ0n) is 12.1. The second-order valence-electron chi connectivity index (χ2n) is 6.41. The van der Waals surface area contributed by atoms with Crippen LogP contribution in [-0.2, 0) is 15.1 Å². The van der Waals surface area contributed by atoms with E-state index in [0.717, 1.165) is 12.0 Å². The van der Waals surface area contributed by atoms with Crippen LogP contribution in [0.5, 0.6) is 0 Å². The fraction of sp³-hybridized carbons (Fsp3) is 0.600. The summed E-state index contributed by atoms with van der Waals surface area (Å²) >= 11 is 0. The molecule has 3 rings (SSSR count). The number of likely N-dealkylation sites (tertiary alicyclic amines) is 1. The lowest BCUT2D eigenvalue weighted by Crippen LogP contribution is -2.44. The molecule has 1 aromatic heterocycles. The third-order valence-corrected chi connectivity index (χ3v) is 3.76. The Morgan fingerprint density at radius 2 is 2.35 bits per heavy atom. The molecule has 5 heteroatoms. The van der Waals surface area contributed by atoms with Crippen LogP contribution in [0.2, 0.25) is 0 Å². The second-order valence-corrected chi connectivity index (χ2v) is 6.41. The number of fused-ring (bicyclic) bond motifs is 1. The standard InChI is InChI=1S/C15H20N2O3/c1-14(2,3)20-13(18)17-8-6-15(12(10-17)19-15)11-5-4-7-16-9-11/h4-5,7,9,12H,6,8,10H2,1-3H3/t12-,15+/m0/s1. The summed E-state index contributed by atoms with van der Waals surface area (Å²) in [7, 11) is 0. The number of carbonyl (C=O) groups is 1. The van der Waals surface area contributed by atoms with Crippen LogP contribution >= 0.6 is 0 Å². The van der Waals surface area contributed by atoms with E-state index in [2.05, 4.69) is 4.98 Å². The molecular formula is C15H20N2O3. The van der Waals surface area contributed by atoms with Gasteiger partial charge < -0.3 is 14.4 Å². The number of rotatable bonds is 1. The van der Waals surface area contributed by atoms with Gasteiger partial charge in [-0.05, 0) is 26.8 Å². The molecule has 1 aromatic rings. The predicted octanol–water partition coefficient (Wildman–Crippen LogP) is 2.32. The molecule has 2 saturated heterocycles. The molecule has 2 fully saturated rings. The van der Waals surface area contributed by atoms with E-state index in [-0.39, 0.29) is 17.8 Å². The number of epoxide rings is 1. The van der Waals surface area contributed by atoms with Crippen molar-refractivity contribution in [1.29, 1.82) is 0 Å². The zero-order chi connectivity index (χ0) is 14.4. The molecule has 0 aromatic carbocycles. The van der Waals surface area contributed by atoms with Crippen molar-refractivity contribution in [2.45, 2.75) is 44.5 Å². The summed E-state index contributed by atoms with van der Waals surface area (Å²) in [5, 5.41) is 0. The number of hydrogen-bond acceptors (Lipinski definition) is 4. The molecule has 2 aliphatic heterocycles. The molecule has 2 atom stereocenters. The van der Waals surface area contributed by atoms with Crippen molar-refractivity contribution in [3.05, 3.63) is 30.1 Å². The highest BCUT2D eigenvalue weighted by Crippen LogP contribution is 2.51. The van der Waals surface area contributed by atoms with Crippen molar-refractivity contribution >= 4 is 6.09 Å². The topological polar surface area (TPSA) is 55.0 Å². The summed E-state index contributed by atoms with van der Waals surface area (Å²) in [6.07, 6.45) is 4.21. The molecule has 0 aliphatic carbocycles. The molecule has 0 N–H and O–H groups in total. The van der Waals surface area contributed by atoms with E-state index in [4.69, 9.17) is 9.47 Å². The molecule has 0 spiro atoms. The fourth-order valence-electron chi connectivity index (χ4n) is 2.72. The number of aromatic nitrogens is 1. The number of carbonyl (C=O) groups excluding carboxylic acids is 1. The maximum Gasteiger partial charge on any atom is 0.410 e. The summed E-state index contributed by atoms with van der Waals surface area (Å²) in [4.78, 5) is 17.9. The van der Waals surface area contributed by atoms with E-state index in [1.54, 1.807) is 11.1 Å². The van der Waals surface area contributed by atoms with Crippen LogP contribution in [0.15, 0.2) is 24.5 Å². The molecule has 0 radical (unpaired) electrons. The van der Waals surface area contributed by atoms with Gasteiger partial charge in [0.1, 0.15) is 17.3 Å². The van der Waals surface area contributed by atoms with Crippen molar-refractivity contribution in [2.24, 2.45) is 0 Å². The van der Waals surface area contributed by atoms with Crippen LogP contribution in [0, 0.1) is 0 Å². The van der Waals surface area contributed by atoms with Gasteiger partial charge in [0.15, 0.2) is 0 Å². The second kappa shape index (κ2) is 4.45. The highest BCUT2D eigenvalue weighted by molar-refractivity contribution is 5.68. The minimum absolute atomic E-state index is 0.0629. The number of nitrogens with zero attached hydrogens (tertiary/aromatic N) is 2. The van der Waals surface area contributed by atoms with E-state index >= 15 is 0 Å². The summed E-state index contributed by atoms with van der Waals surface area (Å²) in [6.45, 7) is 6.87. The molecule has 20 heavy (non-hydrogen) atoms. The van der Waals surface area contributed by atoms with Crippen LogP contribution in [0.3, 0.4) is 0 Å². The average molecular weight is 276 g/mol. The Balaban J connectivity index is 1.65. The van der Waals surface area contributed by atoms with Gasteiger partial charge in [-0.15, -0.1) is 0 Å². The normalized spacial score (nSPS) is 28.8. The van der Waals surface area contributed by atoms with Gasteiger partial charge in [0.25, 0.3) is 0 Å². The van der Waals surface area contributed by atoms with Crippen LogP contribution in [0.4, 0.5) is 4.79 Å². The lowest BCUT2D eigenvalue weighted by molar-refractivity contribution is 0.0217. The highest BCUT2D eigenvalue weighted by Gasteiger charge is 2.61. The number of piperidine rings is 1. The summed E-state index contributed by atoms with van der Waals surface area (Å²) in [5.74, 6) is 0. The molecule has 108 valence electrons. The molecule has 2 aliphatic rings. The summed E-state index contributed by atoms with van der Waals surface area (Å²) in [6, 6.07) is 3.96. The first kappa shape index (κ1) is 13.4. The fourth-order valence-corrected chi connectivity index (χ4v) is 2.72. The Morgan fingerprint density at radius 3 is 2.95 bits per heavy atom. The van der Waals surface area contributed by atoms with Crippen LogP contribution < -0.4 is 0 Å². The van der Waals surface area contributed by atoms with Crippen LogP contribution in [0.25, 0.3) is 0 Å². The van der Waals surface area contributed by atoms with E-state index in [1.165, 1.54) is 0 Å². The van der Waals surface area contributed by atoms with Gasteiger partial charge in [-0.2, -0.15) is 0 Å². The molecule has 0 bridgehead atoms. The first-order valence-corrected chi connectivity index (χ1v) is 6.97. The smallest absolute Gasteiger partial charge is 0.410 e. The largest absolute Gasteiger partial charge is 0.444 e. The van der Waals surface area contributed by atoms with Gasteiger partial charge in [0, 0.05) is 30.9 Å². The number of pyridine rings is 1. The van der Waals surface area contributed by atoms with Crippen molar-refractivity contribution in [1.82, 2.24) is 9.88 Å². The Bertz CT molecular complexity index is 512. The average Bonchev–Trinajstić information content (AvgIpc) is 3.12. The SMILES string of the molecule is CC(C)(C)OC(=O)N1CC[C@]2(c3cccnc3)O[C@H]2C1.